The Morgan fingerprint density at radius 3 is 1.29 bits per heavy atom. The number of carboxylic acid groups (broad SMARTS) is 1. The lowest BCUT2D eigenvalue weighted by molar-refractivity contribution is -0.142. The number of ether oxygens (including phenoxy) is 2. The molecule has 3 fully saturated rings. The van der Waals surface area contributed by atoms with Crippen molar-refractivity contribution in [2.45, 2.75) is 321 Å². The largest absolute Gasteiger partial charge is 0.507 e. The molecule has 752 valence electrons. The van der Waals surface area contributed by atoms with Crippen LogP contribution in [0.2, 0.25) is 5.02 Å². The molecular weight excluding hydrogens is 1860 g/mol. The molecule has 137 heavy (non-hydrogen) atoms. The summed E-state index contributed by atoms with van der Waals surface area (Å²) in [5.74, 6) is -0.232. The number of urea groups is 1. The lowest BCUT2D eigenvalue weighted by atomic mass is 9.79. The zero-order chi connectivity index (χ0) is 101. The predicted molar refractivity (Wildman–Crippen MR) is 546 cm³/mol. The van der Waals surface area contributed by atoms with Crippen molar-refractivity contribution in [2.24, 2.45) is 5.92 Å². The van der Waals surface area contributed by atoms with Crippen molar-refractivity contribution in [3.8, 4) is 17.2 Å². The highest BCUT2D eigenvalue weighted by Gasteiger charge is 2.36. The molecule has 0 bridgehead atoms. The van der Waals surface area contributed by atoms with Crippen LogP contribution in [-0.4, -0.2) is 162 Å². The number of nitrogens with one attached hydrogen (secondary N) is 9. The number of thioether (sulfide) groups is 2. The molecule has 0 unspecified atom stereocenters. The molecule has 0 radical (unpaired) electrons. The topological polar surface area (TPSA) is 401 Å². The molecule has 6 aromatic carbocycles. The van der Waals surface area contributed by atoms with Crippen molar-refractivity contribution in [1.82, 2.24) is 60.9 Å². The molecule has 0 spiro atoms. The van der Waals surface area contributed by atoms with Gasteiger partial charge in [-0.05, 0) is 233 Å². The number of aromatic hydroxyl groups is 1. The Morgan fingerprint density at radius 1 is 0.511 bits per heavy atom. The van der Waals surface area contributed by atoms with Crippen LogP contribution < -0.4 is 55.5 Å². The van der Waals surface area contributed by atoms with E-state index in [4.69, 9.17) is 26.2 Å². The van der Waals surface area contributed by atoms with E-state index in [2.05, 4.69) is 184 Å². The summed E-state index contributed by atoms with van der Waals surface area (Å²) in [5, 5.41) is 38.9. The molecule has 1 aromatic heterocycles. The number of amides is 5. The lowest BCUT2D eigenvalue weighted by Gasteiger charge is -2.32. The number of nitrogens with zero attached hydrogens (tertiary/aromatic N) is 3. The molecule has 4 aliphatic rings. The van der Waals surface area contributed by atoms with Gasteiger partial charge in [-0.3, -0.25) is 33.9 Å². The van der Waals surface area contributed by atoms with Gasteiger partial charge in [-0.1, -0.05) is 183 Å². The van der Waals surface area contributed by atoms with Gasteiger partial charge in [0.25, 0.3) is 17.7 Å². The van der Waals surface area contributed by atoms with Gasteiger partial charge in [-0.2, -0.15) is 14.2 Å². The predicted octanol–water partition coefficient (Wildman–Crippen LogP) is 18.3. The van der Waals surface area contributed by atoms with Crippen molar-refractivity contribution in [3.05, 3.63) is 200 Å². The van der Waals surface area contributed by atoms with Gasteiger partial charge in [0.1, 0.15) is 22.9 Å². The number of carbonyl (C=O) groups is 6. The summed E-state index contributed by atoms with van der Waals surface area (Å²) in [6.45, 7) is 39.8. The first-order chi connectivity index (χ1) is 64.3. The zero-order valence-electron chi connectivity index (χ0n) is 83.4. The number of rotatable bonds is 36. The molecule has 34 heteroatoms. The number of benzene rings is 6. The summed E-state index contributed by atoms with van der Waals surface area (Å²) in [6, 6.07) is 34.1. The lowest BCUT2D eigenvalue weighted by Crippen LogP contribution is -2.42. The second kappa shape index (κ2) is 51.5. The number of imide groups is 1. The van der Waals surface area contributed by atoms with Crippen LogP contribution in [0.15, 0.2) is 163 Å². The molecular formula is C103H147ClN12O16S5. The smallest absolute Gasteiger partial charge is 0.324 e. The number of hydrogen-bond donors (Lipinski definition) is 11. The first-order valence-corrected chi connectivity index (χ1v) is 54.0. The number of esters is 1. The van der Waals surface area contributed by atoms with E-state index in [-0.39, 0.29) is 96.7 Å². The van der Waals surface area contributed by atoms with Crippen LogP contribution in [0.5, 0.6) is 17.2 Å². The summed E-state index contributed by atoms with van der Waals surface area (Å²) in [5.41, 5.74) is 8.44. The average molecular weight is 2010 g/mol. The molecule has 0 atom stereocenters. The highest BCUT2D eigenvalue weighted by Crippen LogP contribution is 2.52. The van der Waals surface area contributed by atoms with Crippen molar-refractivity contribution in [1.29, 1.82) is 0 Å². The molecule has 11 rings (SSSR count). The molecule has 3 saturated carbocycles. The van der Waals surface area contributed by atoms with Gasteiger partial charge in [0.2, 0.25) is 30.1 Å². The van der Waals surface area contributed by atoms with Crippen LogP contribution in [0.4, 0.5) is 4.79 Å². The Morgan fingerprint density at radius 2 is 0.912 bits per heavy atom. The molecule has 2 heterocycles. The van der Waals surface area contributed by atoms with Crippen LogP contribution in [-0.2, 0) is 85.4 Å². The third kappa shape index (κ3) is 36.3. The van der Waals surface area contributed by atoms with Crippen molar-refractivity contribution in [3.63, 3.8) is 0 Å². The molecule has 1 aliphatic heterocycles. The number of aliphatic carboxylic acids is 1. The number of aromatic nitrogens is 2. The van der Waals surface area contributed by atoms with Crippen LogP contribution >= 0.6 is 35.1 Å². The van der Waals surface area contributed by atoms with E-state index in [9.17, 15) is 59.1 Å². The van der Waals surface area contributed by atoms with Crippen molar-refractivity contribution >= 4 is 101 Å². The Hall–Kier alpha value is -8.84. The number of phenols is 1. The molecule has 11 N–H and O–H groups in total. The SMILES string of the molecule is CC(C)(Sc1cc(C(C)(C)C)c(O)c(C(C)(C)C)c1)Sc1cc(C(C)(C)C)c(OC(=O)CCC(=O)O)c(C(C)(C)C)c1.CCC1=C(C)CN(C(=O)NCCc2ccc(S(=O)(=O)NCNC3CCC(C)CC3)cc2)C1=O.COc1ccc(Cl)cc1C(=O)NCCc1ccc(S(=O)(=O)NCNC2CCCCC2)cc1.Cc1cnc(C(=O)NCCc2ccc(S(=O)(=O)NCNC3CCCCC3)cc2)cn1. The summed E-state index contributed by atoms with van der Waals surface area (Å²) >= 11 is 9.50. The number of aryl methyl sites for hydroxylation is 1. The normalized spacial score (nSPS) is 16.0. The summed E-state index contributed by atoms with van der Waals surface area (Å²) in [7, 11) is -9.20. The quantitative estimate of drug-likeness (QED) is 0.00752. The highest BCUT2D eigenvalue weighted by atomic mass is 35.5. The standard InChI is InChI=1S/C35H52O5S2.C24H36N4O4S.C23H30ClN3O4S.C21H29N5O3S/c1-31(2,3)23-17-21(18-24(29(23)39)32(4,5)6)41-35(13,14)42-22-19-25(33(7,8)9)30(26(20-22)34(10,11)12)40-28(38)16-15-27(36)37;1-4-22-18(3)15-28(23(22)29)24(30)25-14-13-19-7-11-21(12-8-19)33(31,32)27-16-26-20-9-5-17(2)6-10-20;1-31-22-12-9-18(24)15-21(22)23(28)25-14-13-17-7-10-20(11-8-17)32(29,30)27-16-26-19-5-3-2-4-6-19;1-16-13-24-20(14-23-16)21(27)22-12-11-17-7-9-19(10-8-17)30(28,29)26-15-25-18-5-3-2-4-6-18/h17-20,39H,15-16H2,1-14H3,(H,36,37);7-8,11-12,17,20,26-27H,4-6,9-10,13-16H2,1-3H3,(H,25,30);7-12,15,19,26-27H,2-6,13-14,16H2,1H3,(H,25,28);7-10,13-14,18,25-26H,2-6,11-12,15H2,1H3,(H,22,27). The third-order valence-corrected chi connectivity index (χ3v) is 31.2. The van der Waals surface area contributed by atoms with Gasteiger partial charge in [0, 0.05) is 86.6 Å². The molecule has 5 amide bonds. The maximum atomic E-state index is 12.7. The molecule has 0 saturated heterocycles. The molecule has 7 aromatic rings. The number of sulfonamides is 3. The Labute approximate surface area is 827 Å². The number of halogens is 1. The Kier molecular flexibility index (Phi) is 42.7. The van der Waals surface area contributed by atoms with E-state index >= 15 is 0 Å². The van der Waals surface area contributed by atoms with Crippen LogP contribution in [0.25, 0.3) is 0 Å². The summed E-state index contributed by atoms with van der Waals surface area (Å²) < 4.78 is 93.7. The molecule has 28 nitrogen and oxygen atoms in total. The first kappa shape index (κ1) is 113. The monoisotopic (exact) mass is 2000 g/mol. The van der Waals surface area contributed by atoms with Gasteiger partial charge in [0.05, 0.1) is 82.7 Å². The van der Waals surface area contributed by atoms with Gasteiger partial charge in [-0.15, -0.1) is 23.5 Å². The Balaban J connectivity index is 0.000000226. The van der Waals surface area contributed by atoms with E-state index in [0.717, 1.165) is 104 Å². The average Bonchev–Trinajstić information content (AvgIpc) is 1.14. The Bertz CT molecular complexity index is 5530. The van der Waals surface area contributed by atoms with Gasteiger partial charge < -0.3 is 51.6 Å². The minimum atomic E-state index is -3.58. The number of phenolic OH excluding ortho intramolecular Hbond substituents is 1. The second-order valence-electron chi connectivity index (χ2n) is 40.2. The molecule has 3 aliphatic carbocycles. The third-order valence-electron chi connectivity index (χ3n) is 24.3. The zero-order valence-corrected chi connectivity index (χ0v) is 88.2. The fraction of sp³-hybridized carbons (Fsp3) is 0.534. The number of methoxy groups -OCH3 is 1. The number of carboxylic acids is 1. The van der Waals surface area contributed by atoms with E-state index in [1.165, 1.54) is 69.6 Å². The maximum absolute atomic E-state index is 12.7. The van der Waals surface area contributed by atoms with Crippen LogP contribution in [0, 0.1) is 12.8 Å². The maximum Gasteiger partial charge on any atom is 0.324 e. The van der Waals surface area contributed by atoms with Crippen molar-refractivity contribution < 1.29 is 73.7 Å². The van der Waals surface area contributed by atoms with E-state index in [1.54, 1.807) is 128 Å². The fourth-order valence-corrected chi connectivity index (χ4v) is 21.9. The van der Waals surface area contributed by atoms with E-state index in [1.807, 2.05) is 13.8 Å². The first-order valence-electron chi connectivity index (χ1n) is 47.6. The minimum Gasteiger partial charge on any atom is -0.507 e. The van der Waals surface area contributed by atoms with Crippen molar-refractivity contribution in [2.75, 3.05) is 53.3 Å². The van der Waals surface area contributed by atoms with E-state index in [0.29, 0.717) is 103 Å². The fourth-order valence-electron chi connectivity index (χ4n) is 16.3. The minimum absolute atomic E-state index is 0.178. The summed E-state index contributed by atoms with van der Waals surface area (Å²) in [4.78, 5) is 85.0. The van der Waals surface area contributed by atoms with Gasteiger partial charge in [0.15, 0.2) is 0 Å². The number of carbonyl (C=O) groups excluding carboxylic acids is 5. The highest BCUT2D eigenvalue weighted by molar-refractivity contribution is 8.18. The van der Waals surface area contributed by atoms with Gasteiger partial charge in [-0.25, -0.2) is 35.0 Å². The van der Waals surface area contributed by atoms with Crippen LogP contribution in [0.1, 0.15) is 292 Å². The number of hydrogen-bond acceptors (Lipinski definition) is 22. The van der Waals surface area contributed by atoms with Gasteiger partial charge >= 0.3 is 18.0 Å². The second-order valence-corrected chi connectivity index (χ2v) is 49.6. The summed E-state index contributed by atoms with van der Waals surface area (Å²) in [6.07, 6.45) is 21.1. The van der Waals surface area contributed by atoms with E-state index < -0.39 is 48.0 Å². The van der Waals surface area contributed by atoms with Crippen LogP contribution in [0.3, 0.4) is 0 Å².